The Hall–Kier alpha value is -3.14. The second-order valence-corrected chi connectivity index (χ2v) is 11.1. The summed E-state index contributed by atoms with van der Waals surface area (Å²) in [7, 11) is 0. The van der Waals surface area contributed by atoms with Gasteiger partial charge in [-0.15, -0.1) is 0 Å². The number of amides is 1. The standard InChI is InChI=1S/C32H45N3O6/c1-2-3-15-34(16-7-6-14-33)30(37)21-35-20-26(23-10-11-29-24(19-23)12-17-40-29)31(32(38)39)27(35)13-18-41-28-9-5-4-8-25(28)22-36/h4-5,8-11,19,26-27,31,36H,2-3,6-7,12-18,20-22,33H2,1H3,(H,38,39)/t26-,27+,31-/m1/s1. The number of nitrogens with two attached hydrogens (primary N) is 1. The van der Waals surface area contributed by atoms with Gasteiger partial charge in [0.1, 0.15) is 11.5 Å². The highest BCUT2D eigenvalue weighted by molar-refractivity contribution is 5.79. The molecule has 0 aliphatic carbocycles. The minimum absolute atomic E-state index is 0.0270. The average Bonchev–Trinajstić information content (AvgIpc) is 3.59. The molecule has 2 heterocycles. The van der Waals surface area contributed by atoms with Crippen LogP contribution in [-0.4, -0.2) is 83.9 Å². The number of aliphatic hydroxyl groups excluding tert-OH is 1. The summed E-state index contributed by atoms with van der Waals surface area (Å²) in [6, 6.07) is 12.9. The van der Waals surface area contributed by atoms with Crippen LogP contribution in [0.1, 0.15) is 61.6 Å². The minimum atomic E-state index is -0.867. The van der Waals surface area contributed by atoms with Crippen molar-refractivity contribution in [3.05, 3.63) is 59.2 Å². The zero-order valence-corrected chi connectivity index (χ0v) is 24.2. The Morgan fingerprint density at radius 3 is 2.71 bits per heavy atom. The summed E-state index contributed by atoms with van der Waals surface area (Å²) in [6.07, 6.45) is 4.88. The van der Waals surface area contributed by atoms with Gasteiger partial charge in [0, 0.05) is 43.6 Å². The normalized spacial score (nSPS) is 20.0. The van der Waals surface area contributed by atoms with Crippen molar-refractivity contribution >= 4 is 11.9 Å². The summed E-state index contributed by atoms with van der Waals surface area (Å²) in [4.78, 5) is 30.4. The van der Waals surface area contributed by atoms with Gasteiger partial charge in [-0.3, -0.25) is 14.5 Å². The molecule has 0 bridgehead atoms. The van der Waals surface area contributed by atoms with Gasteiger partial charge >= 0.3 is 5.97 Å². The van der Waals surface area contributed by atoms with Crippen molar-refractivity contribution < 1.29 is 29.3 Å². The van der Waals surface area contributed by atoms with Crippen molar-refractivity contribution in [1.82, 2.24) is 9.80 Å². The summed E-state index contributed by atoms with van der Waals surface area (Å²) in [6.45, 7) is 5.47. The molecular weight excluding hydrogens is 522 g/mol. The Labute approximate surface area is 243 Å². The molecule has 9 nitrogen and oxygen atoms in total. The zero-order valence-electron chi connectivity index (χ0n) is 24.2. The van der Waals surface area contributed by atoms with Crippen LogP contribution in [0.25, 0.3) is 0 Å². The molecule has 0 spiro atoms. The highest BCUT2D eigenvalue weighted by atomic mass is 16.5. The van der Waals surface area contributed by atoms with Crippen LogP contribution in [0.5, 0.6) is 11.5 Å². The van der Waals surface area contributed by atoms with Crippen molar-refractivity contribution in [2.75, 3.05) is 45.9 Å². The van der Waals surface area contributed by atoms with E-state index >= 15 is 0 Å². The van der Waals surface area contributed by atoms with Crippen LogP contribution in [0.2, 0.25) is 0 Å². The highest BCUT2D eigenvalue weighted by Gasteiger charge is 2.47. The zero-order chi connectivity index (χ0) is 29.2. The van der Waals surface area contributed by atoms with Gasteiger partial charge in [-0.2, -0.15) is 0 Å². The lowest BCUT2D eigenvalue weighted by Crippen LogP contribution is -2.45. The fraction of sp³-hybridized carbons (Fsp3) is 0.562. The number of unbranched alkanes of at least 4 members (excludes halogenated alkanes) is 2. The molecule has 1 amide bonds. The van der Waals surface area contributed by atoms with E-state index in [1.165, 1.54) is 0 Å². The lowest BCUT2D eigenvalue weighted by Gasteiger charge is -2.30. The van der Waals surface area contributed by atoms with Crippen molar-refractivity contribution in [3.63, 3.8) is 0 Å². The number of aliphatic carboxylic acids is 1. The van der Waals surface area contributed by atoms with Gasteiger partial charge < -0.3 is 30.3 Å². The van der Waals surface area contributed by atoms with Gasteiger partial charge in [-0.25, -0.2) is 0 Å². The largest absolute Gasteiger partial charge is 0.493 e. The van der Waals surface area contributed by atoms with Crippen molar-refractivity contribution in [1.29, 1.82) is 0 Å². The van der Waals surface area contributed by atoms with Crippen LogP contribution < -0.4 is 15.2 Å². The molecule has 0 radical (unpaired) electrons. The van der Waals surface area contributed by atoms with Crippen LogP contribution in [0.4, 0.5) is 0 Å². The third-order valence-corrected chi connectivity index (χ3v) is 8.34. The Balaban J connectivity index is 1.56. The quantitative estimate of drug-likeness (QED) is 0.264. The number of carbonyl (C=O) groups is 2. The minimum Gasteiger partial charge on any atom is -0.493 e. The molecular formula is C32H45N3O6. The summed E-state index contributed by atoms with van der Waals surface area (Å²) < 4.78 is 11.7. The van der Waals surface area contributed by atoms with E-state index in [-0.39, 0.29) is 37.6 Å². The number of carbonyl (C=O) groups excluding carboxylic acids is 1. The lowest BCUT2D eigenvalue weighted by atomic mass is 9.83. The monoisotopic (exact) mass is 567 g/mol. The summed E-state index contributed by atoms with van der Waals surface area (Å²) in [5, 5.41) is 20.2. The first kappa shape index (κ1) is 30.8. The average molecular weight is 568 g/mol. The van der Waals surface area contributed by atoms with Crippen molar-refractivity contribution in [2.24, 2.45) is 11.7 Å². The molecule has 4 rings (SSSR count). The van der Waals surface area contributed by atoms with E-state index in [2.05, 4.69) is 17.9 Å². The molecule has 1 saturated heterocycles. The molecule has 3 atom stereocenters. The molecule has 41 heavy (non-hydrogen) atoms. The number of hydrogen-bond donors (Lipinski definition) is 3. The lowest BCUT2D eigenvalue weighted by molar-refractivity contribution is -0.144. The van der Waals surface area contributed by atoms with Crippen molar-refractivity contribution in [2.45, 2.75) is 64.0 Å². The number of carboxylic acid groups (broad SMARTS) is 1. The van der Waals surface area contributed by atoms with E-state index in [4.69, 9.17) is 15.2 Å². The fourth-order valence-corrected chi connectivity index (χ4v) is 6.12. The number of hydrogen-bond acceptors (Lipinski definition) is 7. The molecule has 9 heteroatoms. The first-order chi connectivity index (χ1) is 20.0. The number of ether oxygens (including phenoxy) is 2. The van der Waals surface area contributed by atoms with E-state index in [1.54, 1.807) is 12.1 Å². The number of fused-ring (bicyclic) bond motifs is 1. The molecule has 2 aromatic carbocycles. The summed E-state index contributed by atoms with van der Waals surface area (Å²) in [5.41, 5.74) is 8.45. The van der Waals surface area contributed by atoms with Crippen molar-refractivity contribution in [3.8, 4) is 11.5 Å². The predicted molar refractivity (Wildman–Crippen MR) is 157 cm³/mol. The summed E-state index contributed by atoms with van der Waals surface area (Å²) >= 11 is 0. The predicted octanol–water partition coefficient (Wildman–Crippen LogP) is 3.42. The van der Waals surface area contributed by atoms with Gasteiger partial charge in [0.15, 0.2) is 0 Å². The number of benzene rings is 2. The number of likely N-dealkylation sites (tertiary alicyclic amines) is 1. The first-order valence-electron chi connectivity index (χ1n) is 15.0. The molecule has 2 aliphatic rings. The molecule has 0 aromatic heterocycles. The van der Waals surface area contributed by atoms with E-state index in [0.717, 1.165) is 49.0 Å². The van der Waals surface area contributed by atoms with E-state index in [0.29, 0.717) is 50.5 Å². The molecule has 0 unspecified atom stereocenters. The van der Waals surface area contributed by atoms with Crippen LogP contribution in [0.3, 0.4) is 0 Å². The van der Waals surface area contributed by atoms with Gasteiger partial charge in [-0.1, -0.05) is 43.7 Å². The second kappa shape index (κ2) is 15.2. The maximum absolute atomic E-state index is 13.6. The second-order valence-electron chi connectivity index (χ2n) is 11.1. The number of carboxylic acids is 1. The van der Waals surface area contributed by atoms with Crippen LogP contribution in [0.15, 0.2) is 42.5 Å². The van der Waals surface area contributed by atoms with Crippen LogP contribution in [-0.2, 0) is 22.6 Å². The molecule has 4 N–H and O–H groups in total. The number of aliphatic hydroxyl groups is 1. The Bertz CT molecular complexity index is 1160. The highest BCUT2D eigenvalue weighted by Crippen LogP contribution is 2.41. The third-order valence-electron chi connectivity index (χ3n) is 8.34. The topological polar surface area (TPSA) is 126 Å². The SMILES string of the molecule is CCCCN(CCCCN)C(=O)CN1C[C@H](c2ccc3c(c2)CCO3)[C@@H](C(=O)O)[C@@H]1CCOc1ccccc1CO. The Kier molecular flexibility index (Phi) is 11.4. The molecule has 2 aromatic rings. The van der Waals surface area contributed by atoms with Gasteiger partial charge in [0.05, 0.1) is 32.3 Å². The third kappa shape index (κ3) is 7.78. The Morgan fingerprint density at radius 2 is 1.95 bits per heavy atom. The number of nitrogens with zero attached hydrogens (tertiary/aromatic N) is 2. The molecule has 224 valence electrons. The number of rotatable bonds is 16. The molecule has 1 fully saturated rings. The molecule has 2 aliphatic heterocycles. The van der Waals surface area contributed by atoms with Crippen LogP contribution >= 0.6 is 0 Å². The first-order valence-corrected chi connectivity index (χ1v) is 15.0. The molecule has 0 saturated carbocycles. The maximum Gasteiger partial charge on any atom is 0.308 e. The van der Waals surface area contributed by atoms with Gasteiger partial charge in [-0.05, 0) is 55.5 Å². The van der Waals surface area contributed by atoms with Gasteiger partial charge in [0.25, 0.3) is 0 Å². The summed E-state index contributed by atoms with van der Waals surface area (Å²) in [5.74, 6) is -0.346. The van der Waals surface area contributed by atoms with Gasteiger partial charge in [0.2, 0.25) is 5.91 Å². The smallest absolute Gasteiger partial charge is 0.308 e. The Morgan fingerprint density at radius 1 is 1.15 bits per heavy atom. The van der Waals surface area contributed by atoms with E-state index in [9.17, 15) is 19.8 Å². The van der Waals surface area contributed by atoms with E-state index in [1.807, 2.05) is 29.2 Å². The van der Waals surface area contributed by atoms with Crippen LogP contribution in [0, 0.1) is 5.92 Å². The number of para-hydroxylation sites is 1. The fourth-order valence-electron chi connectivity index (χ4n) is 6.12. The van der Waals surface area contributed by atoms with E-state index < -0.39 is 11.9 Å². The maximum atomic E-state index is 13.6.